The van der Waals surface area contributed by atoms with E-state index in [4.69, 9.17) is 9.47 Å². The monoisotopic (exact) mass is 293 g/mol. The summed E-state index contributed by atoms with van der Waals surface area (Å²) in [5, 5.41) is 3.27. The lowest BCUT2D eigenvalue weighted by Crippen LogP contribution is -2.53. The lowest BCUT2D eigenvalue weighted by molar-refractivity contribution is -0.155. The van der Waals surface area contributed by atoms with Crippen LogP contribution in [0.25, 0.3) is 0 Å². The third kappa shape index (κ3) is 4.83. The second kappa shape index (κ2) is 8.80. The Kier molecular flexibility index (Phi) is 7.40. The fourth-order valence-electron chi connectivity index (χ4n) is 2.21. The van der Waals surface area contributed by atoms with Gasteiger partial charge in [-0.15, -0.1) is 0 Å². The highest BCUT2D eigenvalue weighted by Gasteiger charge is 2.41. The van der Waals surface area contributed by atoms with E-state index in [0.717, 1.165) is 5.56 Å². The van der Waals surface area contributed by atoms with Crippen molar-refractivity contribution in [2.75, 3.05) is 26.4 Å². The SMILES string of the molecule is CCNC(COCC(C)C)(C(=O)OCC)c1ccccc1. The number of benzene rings is 1. The van der Waals surface area contributed by atoms with Gasteiger partial charge in [-0.1, -0.05) is 51.1 Å². The van der Waals surface area contributed by atoms with Gasteiger partial charge in [-0.2, -0.15) is 0 Å². The zero-order chi connectivity index (χ0) is 15.7. The molecule has 0 fully saturated rings. The van der Waals surface area contributed by atoms with E-state index in [9.17, 15) is 4.79 Å². The van der Waals surface area contributed by atoms with Gasteiger partial charge in [0.1, 0.15) is 0 Å². The molecule has 118 valence electrons. The molecule has 0 heterocycles. The first-order valence-electron chi connectivity index (χ1n) is 7.62. The Balaban J connectivity index is 3.06. The highest BCUT2D eigenvalue weighted by atomic mass is 16.5. The number of esters is 1. The molecule has 0 spiro atoms. The fourth-order valence-corrected chi connectivity index (χ4v) is 2.21. The molecule has 1 N–H and O–H groups in total. The van der Waals surface area contributed by atoms with Gasteiger partial charge in [0.15, 0.2) is 5.54 Å². The lowest BCUT2D eigenvalue weighted by Gasteiger charge is -2.32. The van der Waals surface area contributed by atoms with Gasteiger partial charge in [-0.3, -0.25) is 5.32 Å². The molecule has 21 heavy (non-hydrogen) atoms. The Hall–Kier alpha value is -1.39. The molecule has 1 unspecified atom stereocenters. The molecule has 1 aromatic carbocycles. The summed E-state index contributed by atoms with van der Waals surface area (Å²) in [6, 6.07) is 9.63. The second-order valence-corrected chi connectivity index (χ2v) is 5.43. The molecular formula is C17H27NO3. The number of ether oxygens (including phenoxy) is 2. The maximum Gasteiger partial charge on any atom is 0.333 e. The van der Waals surface area contributed by atoms with Crippen molar-refractivity contribution in [2.24, 2.45) is 5.92 Å². The quantitative estimate of drug-likeness (QED) is 0.711. The highest BCUT2D eigenvalue weighted by molar-refractivity contribution is 5.83. The summed E-state index contributed by atoms with van der Waals surface area (Å²) >= 11 is 0. The molecule has 0 saturated carbocycles. The molecule has 0 aliphatic carbocycles. The number of likely N-dealkylation sites (N-methyl/N-ethyl adjacent to an activating group) is 1. The number of rotatable bonds is 9. The van der Waals surface area contributed by atoms with E-state index in [0.29, 0.717) is 25.7 Å². The van der Waals surface area contributed by atoms with Crippen molar-refractivity contribution in [3.05, 3.63) is 35.9 Å². The Bertz CT molecular complexity index is 419. The van der Waals surface area contributed by atoms with Crippen molar-refractivity contribution < 1.29 is 14.3 Å². The second-order valence-electron chi connectivity index (χ2n) is 5.43. The van der Waals surface area contributed by atoms with Gasteiger partial charge in [0, 0.05) is 6.61 Å². The van der Waals surface area contributed by atoms with E-state index in [1.165, 1.54) is 0 Å². The van der Waals surface area contributed by atoms with E-state index in [-0.39, 0.29) is 12.6 Å². The molecule has 0 aromatic heterocycles. The Morgan fingerprint density at radius 3 is 2.43 bits per heavy atom. The van der Waals surface area contributed by atoms with Gasteiger partial charge >= 0.3 is 5.97 Å². The number of nitrogens with one attached hydrogen (secondary N) is 1. The molecule has 0 bridgehead atoms. The average Bonchev–Trinajstić information content (AvgIpc) is 2.47. The standard InChI is InChI=1S/C17H27NO3/c1-5-18-17(16(19)21-6-2,13-20-12-14(3)4)15-10-8-7-9-11-15/h7-11,14,18H,5-6,12-13H2,1-4H3. The minimum Gasteiger partial charge on any atom is -0.464 e. The summed E-state index contributed by atoms with van der Waals surface area (Å²) in [7, 11) is 0. The first kappa shape index (κ1) is 17.7. The normalized spacial score (nSPS) is 14.0. The van der Waals surface area contributed by atoms with Crippen molar-refractivity contribution in [1.29, 1.82) is 0 Å². The zero-order valence-electron chi connectivity index (χ0n) is 13.5. The third-order valence-corrected chi connectivity index (χ3v) is 3.14. The van der Waals surface area contributed by atoms with Crippen molar-refractivity contribution >= 4 is 5.97 Å². The van der Waals surface area contributed by atoms with Crippen molar-refractivity contribution in [2.45, 2.75) is 33.2 Å². The predicted molar refractivity (Wildman–Crippen MR) is 84.1 cm³/mol. The summed E-state index contributed by atoms with van der Waals surface area (Å²) in [6.07, 6.45) is 0. The molecule has 1 atom stereocenters. The smallest absolute Gasteiger partial charge is 0.333 e. The molecule has 0 amide bonds. The van der Waals surface area contributed by atoms with Gasteiger partial charge in [0.05, 0.1) is 13.2 Å². The van der Waals surface area contributed by atoms with Crippen LogP contribution >= 0.6 is 0 Å². The Morgan fingerprint density at radius 2 is 1.90 bits per heavy atom. The predicted octanol–water partition coefficient (Wildman–Crippen LogP) is 2.73. The van der Waals surface area contributed by atoms with Crippen LogP contribution in [-0.2, 0) is 19.8 Å². The van der Waals surface area contributed by atoms with Gasteiger partial charge in [-0.25, -0.2) is 4.79 Å². The van der Waals surface area contributed by atoms with Gasteiger partial charge in [0.25, 0.3) is 0 Å². The molecule has 1 rings (SSSR count). The van der Waals surface area contributed by atoms with E-state index in [1.54, 1.807) is 0 Å². The number of carbonyl (C=O) groups excluding carboxylic acids is 1. The van der Waals surface area contributed by atoms with Crippen LogP contribution in [0.1, 0.15) is 33.3 Å². The molecule has 4 nitrogen and oxygen atoms in total. The minimum atomic E-state index is -0.944. The van der Waals surface area contributed by atoms with Crippen LogP contribution in [0, 0.1) is 5.92 Å². The zero-order valence-corrected chi connectivity index (χ0v) is 13.5. The largest absolute Gasteiger partial charge is 0.464 e. The van der Waals surface area contributed by atoms with Crippen LogP contribution in [0.4, 0.5) is 0 Å². The molecule has 0 radical (unpaired) electrons. The Labute approximate surface area is 127 Å². The number of hydrogen-bond donors (Lipinski definition) is 1. The summed E-state index contributed by atoms with van der Waals surface area (Å²) in [4.78, 5) is 12.6. The van der Waals surface area contributed by atoms with Crippen molar-refractivity contribution in [3.8, 4) is 0 Å². The van der Waals surface area contributed by atoms with Gasteiger partial charge in [-0.05, 0) is 24.9 Å². The van der Waals surface area contributed by atoms with Crippen molar-refractivity contribution in [3.63, 3.8) is 0 Å². The van der Waals surface area contributed by atoms with Crippen LogP contribution in [-0.4, -0.2) is 32.3 Å². The van der Waals surface area contributed by atoms with Crippen molar-refractivity contribution in [1.82, 2.24) is 5.32 Å². The summed E-state index contributed by atoms with van der Waals surface area (Å²) in [5.74, 6) is 0.129. The molecule has 4 heteroatoms. The number of hydrogen-bond acceptors (Lipinski definition) is 4. The van der Waals surface area contributed by atoms with E-state index in [1.807, 2.05) is 44.2 Å². The summed E-state index contributed by atoms with van der Waals surface area (Å²) in [6.45, 7) is 9.83. The van der Waals surface area contributed by atoms with Crippen LogP contribution < -0.4 is 5.32 Å². The minimum absolute atomic E-state index is 0.266. The topological polar surface area (TPSA) is 47.6 Å². The van der Waals surface area contributed by atoms with E-state index in [2.05, 4.69) is 19.2 Å². The lowest BCUT2D eigenvalue weighted by atomic mass is 9.90. The summed E-state index contributed by atoms with van der Waals surface area (Å²) < 4.78 is 11.1. The molecule has 0 aliphatic rings. The van der Waals surface area contributed by atoms with Crippen LogP contribution in [0.15, 0.2) is 30.3 Å². The van der Waals surface area contributed by atoms with E-state index >= 15 is 0 Å². The molecule has 0 aliphatic heterocycles. The van der Waals surface area contributed by atoms with Crippen LogP contribution in [0.2, 0.25) is 0 Å². The Morgan fingerprint density at radius 1 is 1.24 bits per heavy atom. The fraction of sp³-hybridized carbons (Fsp3) is 0.588. The van der Waals surface area contributed by atoms with Crippen LogP contribution in [0.3, 0.4) is 0 Å². The average molecular weight is 293 g/mol. The maximum absolute atomic E-state index is 12.6. The highest BCUT2D eigenvalue weighted by Crippen LogP contribution is 2.24. The molecular weight excluding hydrogens is 266 g/mol. The third-order valence-electron chi connectivity index (χ3n) is 3.14. The number of carbonyl (C=O) groups is 1. The first-order chi connectivity index (χ1) is 10.1. The first-order valence-corrected chi connectivity index (χ1v) is 7.62. The van der Waals surface area contributed by atoms with E-state index < -0.39 is 5.54 Å². The molecule has 0 saturated heterocycles. The maximum atomic E-state index is 12.6. The van der Waals surface area contributed by atoms with Crippen LogP contribution in [0.5, 0.6) is 0 Å². The van der Waals surface area contributed by atoms with Gasteiger partial charge < -0.3 is 9.47 Å². The molecule has 1 aromatic rings. The summed E-state index contributed by atoms with van der Waals surface area (Å²) in [5.41, 5.74) is -0.0740. The van der Waals surface area contributed by atoms with Gasteiger partial charge in [0.2, 0.25) is 0 Å².